The van der Waals surface area contributed by atoms with Crippen LogP contribution in [0.15, 0.2) is 55.0 Å². The zero-order valence-corrected chi connectivity index (χ0v) is 14.0. The lowest BCUT2D eigenvalue weighted by Crippen LogP contribution is -2.14. The van der Waals surface area contributed by atoms with E-state index in [1.54, 1.807) is 24.4 Å². The molecule has 3 rings (SSSR count). The third-order valence-electron chi connectivity index (χ3n) is 3.66. The van der Waals surface area contributed by atoms with Gasteiger partial charge in [-0.15, -0.1) is 0 Å². The minimum atomic E-state index is -0.577. The van der Waals surface area contributed by atoms with E-state index in [0.717, 1.165) is 5.56 Å². The van der Waals surface area contributed by atoms with Gasteiger partial charge in [-0.3, -0.25) is 9.78 Å². The lowest BCUT2D eigenvalue weighted by atomic mass is 10.1. The summed E-state index contributed by atoms with van der Waals surface area (Å²) in [7, 11) is 0. The van der Waals surface area contributed by atoms with Crippen LogP contribution in [-0.4, -0.2) is 20.9 Å². The van der Waals surface area contributed by atoms with Crippen LogP contribution >= 0.6 is 0 Å². The van der Waals surface area contributed by atoms with Gasteiger partial charge in [-0.25, -0.2) is 14.4 Å². The minimum absolute atomic E-state index is 0.157. The Morgan fingerprint density at radius 3 is 2.50 bits per heavy atom. The number of halogens is 1. The molecule has 0 aliphatic rings. The highest BCUT2D eigenvalue weighted by Gasteiger charge is 2.11. The summed E-state index contributed by atoms with van der Waals surface area (Å²) < 4.78 is 13.1. The Kier molecular flexibility index (Phi) is 5.02. The van der Waals surface area contributed by atoms with E-state index in [9.17, 15) is 9.18 Å². The van der Waals surface area contributed by atoms with Crippen LogP contribution in [0, 0.1) is 5.82 Å². The fourth-order valence-electron chi connectivity index (χ4n) is 2.36. The van der Waals surface area contributed by atoms with Crippen LogP contribution in [0.4, 0.5) is 21.8 Å². The van der Waals surface area contributed by atoms with Gasteiger partial charge < -0.3 is 16.4 Å². The molecule has 0 aliphatic carbocycles. The first-order chi connectivity index (χ1) is 12.5. The minimum Gasteiger partial charge on any atom is -0.366 e. The van der Waals surface area contributed by atoms with Gasteiger partial charge in [0.2, 0.25) is 5.91 Å². The Labute approximate surface area is 149 Å². The first kappa shape index (κ1) is 17.3. The fourth-order valence-corrected chi connectivity index (χ4v) is 2.36. The molecule has 7 nitrogen and oxygen atoms in total. The van der Waals surface area contributed by atoms with Crippen molar-refractivity contribution in [2.24, 2.45) is 5.73 Å². The molecule has 0 aliphatic heterocycles. The summed E-state index contributed by atoms with van der Waals surface area (Å²) in [6.45, 7) is 1.90. The van der Waals surface area contributed by atoms with Gasteiger partial charge in [-0.2, -0.15) is 0 Å². The summed E-state index contributed by atoms with van der Waals surface area (Å²) in [5.41, 5.74) is 6.58. The lowest BCUT2D eigenvalue weighted by Gasteiger charge is -2.16. The number of nitrogens with two attached hydrogens (primary N) is 1. The summed E-state index contributed by atoms with van der Waals surface area (Å²) in [5.74, 6) is 0.455. The quantitative estimate of drug-likeness (QED) is 0.630. The number of carbonyl (C=O) groups excluding carboxylic acids is 1. The van der Waals surface area contributed by atoms with Crippen LogP contribution in [-0.2, 0) is 0 Å². The summed E-state index contributed by atoms with van der Waals surface area (Å²) in [6, 6.07) is 9.09. The smallest absolute Gasteiger partial charge is 0.248 e. The van der Waals surface area contributed by atoms with Crippen molar-refractivity contribution in [3.63, 3.8) is 0 Å². The highest BCUT2D eigenvalue weighted by molar-refractivity contribution is 5.94. The monoisotopic (exact) mass is 352 g/mol. The van der Waals surface area contributed by atoms with Gasteiger partial charge in [0.15, 0.2) is 0 Å². The number of benzene rings is 1. The maximum atomic E-state index is 13.1. The van der Waals surface area contributed by atoms with E-state index in [1.807, 2.05) is 6.92 Å². The van der Waals surface area contributed by atoms with Crippen LogP contribution in [0.3, 0.4) is 0 Å². The Morgan fingerprint density at radius 2 is 1.85 bits per heavy atom. The van der Waals surface area contributed by atoms with Gasteiger partial charge in [-0.1, -0.05) is 12.1 Å². The standard InChI is InChI=1S/C18H17FN6O/c1-11(12-2-4-14(19)5-3-12)23-15-8-13(18(20)26)9-16(24-15)25-17-10-21-6-7-22-17/h2-11H,1H3,(H2,20,26)(H2,22,23,24,25)/t11-/m0/s1. The predicted octanol–water partition coefficient (Wildman–Crippen LogP) is 3.03. The number of carbonyl (C=O) groups is 1. The predicted molar refractivity (Wildman–Crippen MR) is 96.5 cm³/mol. The molecule has 8 heteroatoms. The number of nitrogens with one attached hydrogen (secondary N) is 2. The van der Waals surface area contributed by atoms with Crippen molar-refractivity contribution in [1.29, 1.82) is 0 Å². The second kappa shape index (κ2) is 7.56. The first-order valence-electron chi connectivity index (χ1n) is 7.88. The first-order valence-corrected chi connectivity index (χ1v) is 7.88. The number of rotatable bonds is 6. The molecule has 2 heterocycles. The molecule has 0 radical (unpaired) electrons. The van der Waals surface area contributed by atoms with Crippen molar-refractivity contribution in [3.05, 3.63) is 71.9 Å². The van der Waals surface area contributed by atoms with Crippen molar-refractivity contribution in [1.82, 2.24) is 15.0 Å². The van der Waals surface area contributed by atoms with Crippen LogP contribution in [0.1, 0.15) is 28.9 Å². The third kappa shape index (κ3) is 4.29. The fraction of sp³-hybridized carbons (Fsp3) is 0.111. The molecule has 26 heavy (non-hydrogen) atoms. The number of aromatic nitrogens is 3. The molecule has 0 saturated heterocycles. The zero-order chi connectivity index (χ0) is 18.5. The Hall–Kier alpha value is -3.55. The van der Waals surface area contributed by atoms with Gasteiger partial charge in [0, 0.05) is 24.0 Å². The second-order valence-electron chi connectivity index (χ2n) is 5.62. The number of nitrogens with zero attached hydrogens (tertiary/aromatic N) is 3. The Balaban J connectivity index is 1.85. The van der Waals surface area contributed by atoms with Crippen LogP contribution in [0.2, 0.25) is 0 Å². The van der Waals surface area contributed by atoms with Gasteiger partial charge in [0.05, 0.1) is 6.20 Å². The molecule has 0 saturated carbocycles. The average molecular weight is 352 g/mol. The average Bonchev–Trinajstić information content (AvgIpc) is 2.63. The molecule has 0 fully saturated rings. The molecular formula is C18H17FN6O. The molecule has 3 aromatic rings. The molecule has 4 N–H and O–H groups in total. The molecule has 0 spiro atoms. The number of primary amides is 1. The number of anilines is 3. The molecule has 1 aromatic carbocycles. The van der Waals surface area contributed by atoms with E-state index < -0.39 is 5.91 Å². The highest BCUT2D eigenvalue weighted by Crippen LogP contribution is 2.22. The summed E-state index contributed by atoms with van der Waals surface area (Å²) >= 11 is 0. The summed E-state index contributed by atoms with van der Waals surface area (Å²) in [5, 5.41) is 6.16. The van der Waals surface area contributed by atoms with E-state index in [4.69, 9.17) is 5.73 Å². The van der Waals surface area contributed by atoms with Crippen LogP contribution in [0.25, 0.3) is 0 Å². The van der Waals surface area contributed by atoms with Gasteiger partial charge in [0.1, 0.15) is 23.3 Å². The van der Waals surface area contributed by atoms with E-state index in [2.05, 4.69) is 25.6 Å². The van der Waals surface area contributed by atoms with Crippen molar-refractivity contribution >= 4 is 23.4 Å². The van der Waals surface area contributed by atoms with Gasteiger partial charge in [0.25, 0.3) is 0 Å². The summed E-state index contributed by atoms with van der Waals surface area (Å²) in [4.78, 5) is 24.1. The van der Waals surface area contributed by atoms with Crippen molar-refractivity contribution < 1.29 is 9.18 Å². The van der Waals surface area contributed by atoms with E-state index in [-0.39, 0.29) is 11.9 Å². The molecule has 132 valence electrons. The van der Waals surface area contributed by atoms with Crippen molar-refractivity contribution in [3.8, 4) is 0 Å². The molecule has 0 unspecified atom stereocenters. The van der Waals surface area contributed by atoms with Crippen molar-refractivity contribution in [2.75, 3.05) is 10.6 Å². The molecule has 1 amide bonds. The number of hydrogen-bond donors (Lipinski definition) is 3. The van der Waals surface area contributed by atoms with Crippen LogP contribution in [0.5, 0.6) is 0 Å². The largest absolute Gasteiger partial charge is 0.366 e. The Bertz CT molecular complexity index is 901. The zero-order valence-electron chi connectivity index (χ0n) is 14.0. The van der Waals surface area contributed by atoms with E-state index >= 15 is 0 Å². The third-order valence-corrected chi connectivity index (χ3v) is 3.66. The molecule has 2 aromatic heterocycles. The maximum Gasteiger partial charge on any atom is 0.248 e. The molecule has 0 bridgehead atoms. The van der Waals surface area contributed by atoms with E-state index in [0.29, 0.717) is 23.0 Å². The molecular weight excluding hydrogens is 335 g/mol. The normalized spacial score (nSPS) is 11.6. The second-order valence-corrected chi connectivity index (χ2v) is 5.62. The van der Waals surface area contributed by atoms with E-state index in [1.165, 1.54) is 30.6 Å². The summed E-state index contributed by atoms with van der Waals surface area (Å²) in [6.07, 6.45) is 4.62. The van der Waals surface area contributed by atoms with Gasteiger partial charge in [-0.05, 0) is 36.8 Å². The maximum absolute atomic E-state index is 13.1. The van der Waals surface area contributed by atoms with Crippen LogP contribution < -0.4 is 16.4 Å². The number of hydrogen-bond acceptors (Lipinski definition) is 6. The van der Waals surface area contributed by atoms with Crippen molar-refractivity contribution in [2.45, 2.75) is 13.0 Å². The van der Waals surface area contributed by atoms with Gasteiger partial charge >= 0.3 is 0 Å². The number of amides is 1. The topological polar surface area (TPSA) is 106 Å². The SMILES string of the molecule is C[C@H](Nc1cc(C(N)=O)cc(Nc2cnccn2)n1)c1ccc(F)cc1. The highest BCUT2D eigenvalue weighted by atomic mass is 19.1. The lowest BCUT2D eigenvalue weighted by molar-refractivity contribution is 0.1000. The molecule has 1 atom stereocenters. The number of pyridine rings is 1. The Morgan fingerprint density at radius 1 is 1.12 bits per heavy atom.